The Bertz CT molecular complexity index is 549. The summed E-state index contributed by atoms with van der Waals surface area (Å²) in [4.78, 5) is 11.2. The van der Waals surface area contributed by atoms with Crippen LogP contribution in [0, 0.1) is 11.3 Å². The predicted molar refractivity (Wildman–Crippen MR) is 82.2 cm³/mol. The molecule has 21 heavy (non-hydrogen) atoms. The van der Waals surface area contributed by atoms with Crippen molar-refractivity contribution >= 4 is 6.09 Å². The standard InChI is InChI=1S/C17H25NO3/c1-16(2,17(3,4)21-15(18)20)13-7-5-11-6-8-14(19)10-12(11)9-13/h6,8,10,13,19H,5,7,9H2,1-4H3,(H2,18,20)/t13-/m0/s1. The number of aryl methyl sites for hydroxylation is 1. The molecule has 0 heterocycles. The summed E-state index contributed by atoms with van der Waals surface area (Å²) in [6.45, 7) is 8.06. The summed E-state index contributed by atoms with van der Waals surface area (Å²) < 4.78 is 5.36. The van der Waals surface area contributed by atoms with Gasteiger partial charge in [0, 0.05) is 5.41 Å². The molecular formula is C17H25NO3. The lowest BCUT2D eigenvalue weighted by Gasteiger charge is -2.47. The van der Waals surface area contributed by atoms with Gasteiger partial charge in [-0.3, -0.25) is 0 Å². The van der Waals surface area contributed by atoms with Crippen molar-refractivity contribution < 1.29 is 14.6 Å². The first-order chi connectivity index (χ1) is 9.63. The van der Waals surface area contributed by atoms with Gasteiger partial charge in [-0.1, -0.05) is 19.9 Å². The number of hydrogen-bond donors (Lipinski definition) is 2. The molecule has 3 N–H and O–H groups in total. The van der Waals surface area contributed by atoms with Gasteiger partial charge in [-0.15, -0.1) is 0 Å². The Hall–Kier alpha value is -1.71. The van der Waals surface area contributed by atoms with Crippen LogP contribution in [-0.4, -0.2) is 16.8 Å². The van der Waals surface area contributed by atoms with Crippen molar-refractivity contribution in [3.05, 3.63) is 29.3 Å². The number of hydrogen-bond acceptors (Lipinski definition) is 3. The van der Waals surface area contributed by atoms with Gasteiger partial charge in [0.05, 0.1) is 0 Å². The third-order valence-electron chi connectivity index (χ3n) is 5.35. The molecule has 0 spiro atoms. The molecule has 4 nitrogen and oxygen atoms in total. The Balaban J connectivity index is 2.24. The van der Waals surface area contributed by atoms with Crippen molar-refractivity contribution in [1.82, 2.24) is 0 Å². The van der Waals surface area contributed by atoms with E-state index in [0.29, 0.717) is 11.7 Å². The zero-order valence-corrected chi connectivity index (χ0v) is 13.3. The minimum absolute atomic E-state index is 0.217. The molecule has 0 radical (unpaired) electrons. The van der Waals surface area contributed by atoms with E-state index in [-0.39, 0.29) is 5.41 Å². The molecule has 0 saturated carbocycles. The van der Waals surface area contributed by atoms with Crippen LogP contribution in [0.4, 0.5) is 4.79 Å². The number of ether oxygens (including phenoxy) is 1. The smallest absolute Gasteiger partial charge is 0.405 e. The highest BCUT2D eigenvalue weighted by atomic mass is 16.6. The molecule has 0 bridgehead atoms. The highest BCUT2D eigenvalue weighted by Gasteiger charge is 2.46. The summed E-state index contributed by atoms with van der Waals surface area (Å²) in [6.07, 6.45) is 2.16. The molecule has 1 aromatic rings. The highest BCUT2D eigenvalue weighted by Crippen LogP contribution is 2.46. The normalized spacial score (nSPS) is 19.0. The van der Waals surface area contributed by atoms with Crippen LogP contribution in [0.25, 0.3) is 0 Å². The molecule has 1 aliphatic rings. The molecule has 0 saturated heterocycles. The molecule has 0 aromatic heterocycles. The second-order valence-corrected chi connectivity index (χ2v) is 7.05. The van der Waals surface area contributed by atoms with Gasteiger partial charge in [0.15, 0.2) is 0 Å². The molecule has 116 valence electrons. The fraction of sp³-hybridized carbons (Fsp3) is 0.588. The molecule has 2 rings (SSSR count). The summed E-state index contributed by atoms with van der Waals surface area (Å²) in [5.41, 5.74) is 6.84. The molecule has 1 aromatic carbocycles. The van der Waals surface area contributed by atoms with Gasteiger partial charge in [-0.25, -0.2) is 4.79 Å². The molecule has 4 heteroatoms. The fourth-order valence-electron chi connectivity index (χ4n) is 3.23. The van der Waals surface area contributed by atoms with Crippen LogP contribution in [-0.2, 0) is 17.6 Å². The molecule has 1 atom stereocenters. The maximum Gasteiger partial charge on any atom is 0.405 e. The van der Waals surface area contributed by atoms with Gasteiger partial charge in [-0.05, 0) is 62.3 Å². The monoisotopic (exact) mass is 291 g/mol. The number of aromatic hydroxyl groups is 1. The lowest BCUT2D eigenvalue weighted by Crippen LogP contribution is -2.49. The Morgan fingerprint density at radius 2 is 1.95 bits per heavy atom. The zero-order valence-electron chi connectivity index (χ0n) is 13.3. The average Bonchev–Trinajstić information content (AvgIpc) is 2.36. The van der Waals surface area contributed by atoms with E-state index >= 15 is 0 Å². The number of nitrogens with two attached hydrogens (primary N) is 1. The van der Waals surface area contributed by atoms with Crippen LogP contribution in [0.5, 0.6) is 5.75 Å². The third-order valence-corrected chi connectivity index (χ3v) is 5.35. The molecular weight excluding hydrogens is 266 g/mol. The van der Waals surface area contributed by atoms with Gasteiger partial charge in [-0.2, -0.15) is 0 Å². The van der Waals surface area contributed by atoms with Crippen molar-refractivity contribution in [2.45, 2.75) is 52.6 Å². The number of fused-ring (bicyclic) bond motifs is 1. The largest absolute Gasteiger partial charge is 0.508 e. The van der Waals surface area contributed by atoms with Gasteiger partial charge in [0.1, 0.15) is 11.4 Å². The van der Waals surface area contributed by atoms with Crippen LogP contribution in [0.3, 0.4) is 0 Å². The number of rotatable bonds is 3. The SMILES string of the molecule is CC(C)(OC(N)=O)C(C)(C)[C@H]1CCc2ccc(O)cc2C1. The van der Waals surface area contributed by atoms with Gasteiger partial charge in [0.2, 0.25) is 0 Å². The lowest BCUT2D eigenvalue weighted by molar-refractivity contribution is -0.0769. The number of benzene rings is 1. The average molecular weight is 291 g/mol. The molecule has 1 amide bonds. The summed E-state index contributed by atoms with van der Waals surface area (Å²) in [5.74, 6) is 0.668. The Morgan fingerprint density at radius 3 is 2.57 bits per heavy atom. The van der Waals surface area contributed by atoms with Crippen LogP contribution >= 0.6 is 0 Å². The van der Waals surface area contributed by atoms with Crippen molar-refractivity contribution in [2.75, 3.05) is 0 Å². The molecule has 0 aliphatic heterocycles. The van der Waals surface area contributed by atoms with E-state index in [1.807, 2.05) is 26.0 Å². The maximum absolute atomic E-state index is 11.2. The van der Waals surface area contributed by atoms with Gasteiger partial charge in [0.25, 0.3) is 0 Å². The van der Waals surface area contributed by atoms with E-state index < -0.39 is 11.7 Å². The van der Waals surface area contributed by atoms with E-state index in [2.05, 4.69) is 13.8 Å². The predicted octanol–water partition coefficient (Wildman–Crippen LogP) is 3.40. The van der Waals surface area contributed by atoms with Crippen LogP contribution in [0.2, 0.25) is 0 Å². The fourth-order valence-corrected chi connectivity index (χ4v) is 3.23. The summed E-state index contributed by atoms with van der Waals surface area (Å²) in [5, 5.41) is 9.67. The number of primary amides is 1. The highest BCUT2D eigenvalue weighted by molar-refractivity contribution is 5.65. The third kappa shape index (κ3) is 2.99. The second kappa shape index (κ2) is 5.24. The van der Waals surface area contributed by atoms with E-state index in [1.165, 1.54) is 11.1 Å². The van der Waals surface area contributed by atoms with E-state index in [9.17, 15) is 9.90 Å². The summed E-state index contributed by atoms with van der Waals surface area (Å²) in [7, 11) is 0. The van der Waals surface area contributed by atoms with E-state index in [0.717, 1.165) is 19.3 Å². The Labute approximate surface area is 126 Å². The minimum atomic E-state index is -0.734. The Morgan fingerprint density at radius 1 is 1.29 bits per heavy atom. The molecule has 1 aliphatic carbocycles. The Kier molecular flexibility index (Phi) is 3.91. The lowest BCUT2D eigenvalue weighted by atomic mass is 9.62. The van der Waals surface area contributed by atoms with Crippen molar-refractivity contribution in [3.8, 4) is 5.75 Å². The van der Waals surface area contributed by atoms with Crippen molar-refractivity contribution in [1.29, 1.82) is 0 Å². The van der Waals surface area contributed by atoms with E-state index in [1.54, 1.807) is 6.07 Å². The van der Waals surface area contributed by atoms with Crippen LogP contribution in [0.15, 0.2) is 18.2 Å². The topological polar surface area (TPSA) is 72.5 Å². The zero-order chi connectivity index (χ0) is 15.8. The first-order valence-corrected chi connectivity index (χ1v) is 7.42. The number of phenols is 1. The van der Waals surface area contributed by atoms with Crippen molar-refractivity contribution in [2.24, 2.45) is 17.1 Å². The van der Waals surface area contributed by atoms with Crippen LogP contribution < -0.4 is 5.73 Å². The maximum atomic E-state index is 11.2. The summed E-state index contributed by atoms with van der Waals surface area (Å²) in [6, 6.07) is 5.59. The minimum Gasteiger partial charge on any atom is -0.508 e. The summed E-state index contributed by atoms with van der Waals surface area (Å²) >= 11 is 0. The first-order valence-electron chi connectivity index (χ1n) is 7.42. The number of phenolic OH excluding ortho intramolecular Hbond substituents is 1. The van der Waals surface area contributed by atoms with Crippen molar-refractivity contribution in [3.63, 3.8) is 0 Å². The number of carbonyl (C=O) groups is 1. The number of carbonyl (C=O) groups excluding carboxylic acids is 1. The van der Waals surface area contributed by atoms with Crippen LogP contribution in [0.1, 0.15) is 45.2 Å². The van der Waals surface area contributed by atoms with Gasteiger partial charge >= 0.3 is 6.09 Å². The van der Waals surface area contributed by atoms with Gasteiger partial charge < -0.3 is 15.6 Å². The number of amides is 1. The van der Waals surface area contributed by atoms with E-state index in [4.69, 9.17) is 10.5 Å². The quantitative estimate of drug-likeness (QED) is 0.896. The second-order valence-electron chi connectivity index (χ2n) is 7.05. The molecule has 0 unspecified atom stereocenters. The molecule has 0 fully saturated rings. The first kappa shape index (κ1) is 15.7.